The first-order chi connectivity index (χ1) is 12.3. The van der Waals surface area contributed by atoms with Gasteiger partial charge in [-0.25, -0.2) is 4.79 Å². The summed E-state index contributed by atoms with van der Waals surface area (Å²) in [6, 6.07) is 3.39. The van der Waals surface area contributed by atoms with Crippen LogP contribution < -0.4 is 19.5 Å². The van der Waals surface area contributed by atoms with Gasteiger partial charge in [0.05, 0.1) is 21.3 Å². The van der Waals surface area contributed by atoms with Crippen molar-refractivity contribution in [2.75, 3.05) is 27.9 Å². The summed E-state index contributed by atoms with van der Waals surface area (Å²) in [5.41, 5.74) is 0.322. The Morgan fingerprint density at radius 1 is 1.08 bits per heavy atom. The fourth-order valence-corrected chi connectivity index (χ4v) is 2.05. The Kier molecular flexibility index (Phi) is 7.96. The maximum absolute atomic E-state index is 11.8. The van der Waals surface area contributed by atoms with E-state index < -0.39 is 5.97 Å². The molecule has 144 valence electrons. The molecular weight excluding hydrogens is 338 g/mol. The summed E-state index contributed by atoms with van der Waals surface area (Å²) < 4.78 is 20.7. The van der Waals surface area contributed by atoms with Crippen LogP contribution in [0.5, 0.6) is 17.2 Å². The van der Waals surface area contributed by atoms with Crippen molar-refractivity contribution in [2.24, 2.45) is 0 Å². The van der Waals surface area contributed by atoms with E-state index in [0.29, 0.717) is 22.8 Å². The predicted molar refractivity (Wildman–Crippen MR) is 98.6 cm³/mol. The van der Waals surface area contributed by atoms with Crippen LogP contribution in [0.3, 0.4) is 0 Å². The lowest BCUT2D eigenvalue weighted by Crippen LogP contribution is -2.44. The number of carbonyl (C=O) groups is 2. The first-order valence-corrected chi connectivity index (χ1v) is 8.22. The van der Waals surface area contributed by atoms with Crippen LogP contribution in [0.1, 0.15) is 32.8 Å². The van der Waals surface area contributed by atoms with Gasteiger partial charge in [-0.2, -0.15) is 0 Å². The molecule has 0 aliphatic heterocycles. The number of esters is 1. The third kappa shape index (κ3) is 6.31. The number of ether oxygens (including phenoxy) is 4. The summed E-state index contributed by atoms with van der Waals surface area (Å²) in [4.78, 5) is 23.6. The fraction of sp³-hybridized carbons (Fsp3) is 0.474. The second kappa shape index (κ2) is 9.70. The molecule has 0 unspecified atom stereocenters. The molecule has 0 radical (unpaired) electrons. The highest BCUT2D eigenvalue weighted by Crippen LogP contribution is 2.38. The van der Waals surface area contributed by atoms with E-state index in [1.54, 1.807) is 18.2 Å². The number of hydrogen-bond acceptors (Lipinski definition) is 6. The number of hydrogen-bond donors (Lipinski definition) is 1. The van der Waals surface area contributed by atoms with Crippen molar-refractivity contribution in [2.45, 2.75) is 32.7 Å². The molecule has 0 saturated heterocycles. The molecule has 0 heterocycles. The van der Waals surface area contributed by atoms with Gasteiger partial charge < -0.3 is 24.3 Å². The summed E-state index contributed by atoms with van der Waals surface area (Å²) in [7, 11) is 4.53. The van der Waals surface area contributed by atoms with Crippen LogP contribution in [-0.2, 0) is 14.3 Å². The highest BCUT2D eigenvalue weighted by molar-refractivity contribution is 5.89. The average molecular weight is 365 g/mol. The summed E-state index contributed by atoms with van der Waals surface area (Å²) in [5, 5.41) is 2.79. The zero-order chi connectivity index (χ0) is 19.7. The Balaban J connectivity index is 2.72. The number of carbonyl (C=O) groups excluding carboxylic acids is 2. The van der Waals surface area contributed by atoms with Gasteiger partial charge in [0.25, 0.3) is 5.91 Å². The molecule has 0 atom stereocenters. The van der Waals surface area contributed by atoms with E-state index >= 15 is 0 Å². The van der Waals surface area contributed by atoms with E-state index in [1.165, 1.54) is 27.4 Å². The quantitative estimate of drug-likeness (QED) is 0.535. The van der Waals surface area contributed by atoms with Gasteiger partial charge in [0, 0.05) is 11.6 Å². The molecule has 1 aromatic rings. The van der Waals surface area contributed by atoms with Crippen LogP contribution in [0.15, 0.2) is 18.2 Å². The van der Waals surface area contributed by atoms with Gasteiger partial charge in [-0.05, 0) is 44.0 Å². The van der Waals surface area contributed by atoms with Crippen LogP contribution in [0, 0.1) is 0 Å². The maximum atomic E-state index is 11.8. The lowest BCUT2D eigenvalue weighted by atomic mass is 10.0. The Morgan fingerprint density at radius 2 is 1.65 bits per heavy atom. The highest BCUT2D eigenvalue weighted by atomic mass is 16.5. The smallest absolute Gasteiger partial charge is 0.331 e. The van der Waals surface area contributed by atoms with E-state index in [-0.39, 0.29) is 18.1 Å². The van der Waals surface area contributed by atoms with E-state index in [2.05, 4.69) is 5.32 Å². The molecule has 0 spiro atoms. The SMILES string of the molecule is CCC(C)(C)NC(=O)COC(=O)/C=C/c1cc(OC)c(OC)c(OC)c1. The third-order valence-electron chi connectivity index (χ3n) is 3.81. The number of rotatable bonds is 9. The Morgan fingerprint density at radius 3 is 2.12 bits per heavy atom. The lowest BCUT2D eigenvalue weighted by molar-refractivity contribution is -0.144. The number of amides is 1. The highest BCUT2D eigenvalue weighted by Gasteiger charge is 2.18. The van der Waals surface area contributed by atoms with E-state index in [9.17, 15) is 9.59 Å². The summed E-state index contributed by atoms with van der Waals surface area (Å²) in [6.07, 6.45) is 3.55. The number of methoxy groups -OCH3 is 3. The van der Waals surface area contributed by atoms with Crippen molar-refractivity contribution in [3.63, 3.8) is 0 Å². The molecule has 0 fully saturated rings. The number of nitrogens with one attached hydrogen (secondary N) is 1. The monoisotopic (exact) mass is 365 g/mol. The molecular formula is C19H27NO6. The lowest BCUT2D eigenvalue weighted by Gasteiger charge is -2.24. The predicted octanol–water partition coefficient (Wildman–Crippen LogP) is 2.57. The minimum absolute atomic E-state index is 0.331. The van der Waals surface area contributed by atoms with Crippen molar-refractivity contribution < 1.29 is 28.5 Å². The summed E-state index contributed by atoms with van der Waals surface area (Å²) in [6.45, 7) is 5.43. The average Bonchev–Trinajstić information content (AvgIpc) is 2.63. The van der Waals surface area contributed by atoms with Crippen LogP contribution in [0.25, 0.3) is 6.08 Å². The minimum Gasteiger partial charge on any atom is -0.493 e. The first kappa shape index (κ1) is 21.3. The maximum Gasteiger partial charge on any atom is 0.331 e. The van der Waals surface area contributed by atoms with Crippen molar-refractivity contribution in [3.8, 4) is 17.2 Å². The van der Waals surface area contributed by atoms with Crippen LogP contribution >= 0.6 is 0 Å². The first-order valence-electron chi connectivity index (χ1n) is 8.22. The minimum atomic E-state index is -0.622. The Labute approximate surface area is 154 Å². The Hall–Kier alpha value is -2.70. The molecule has 0 aliphatic rings. The second-order valence-corrected chi connectivity index (χ2v) is 6.19. The van der Waals surface area contributed by atoms with E-state index in [4.69, 9.17) is 18.9 Å². The zero-order valence-corrected chi connectivity index (χ0v) is 16.2. The number of benzene rings is 1. The second-order valence-electron chi connectivity index (χ2n) is 6.19. The molecule has 1 aromatic carbocycles. The molecule has 0 aromatic heterocycles. The zero-order valence-electron chi connectivity index (χ0n) is 16.2. The van der Waals surface area contributed by atoms with Gasteiger partial charge in [0.1, 0.15) is 0 Å². The van der Waals surface area contributed by atoms with Gasteiger partial charge >= 0.3 is 5.97 Å². The van der Waals surface area contributed by atoms with E-state index in [0.717, 1.165) is 6.42 Å². The molecule has 0 saturated carbocycles. The van der Waals surface area contributed by atoms with Gasteiger partial charge in [-0.3, -0.25) is 4.79 Å². The largest absolute Gasteiger partial charge is 0.493 e. The van der Waals surface area contributed by atoms with E-state index in [1.807, 2.05) is 20.8 Å². The third-order valence-corrected chi connectivity index (χ3v) is 3.81. The molecule has 1 amide bonds. The Bertz CT molecular complexity index is 641. The van der Waals surface area contributed by atoms with Crippen LogP contribution in [0.2, 0.25) is 0 Å². The molecule has 0 aliphatic carbocycles. The molecule has 1 rings (SSSR count). The fourth-order valence-electron chi connectivity index (χ4n) is 2.05. The molecule has 7 heteroatoms. The van der Waals surface area contributed by atoms with Crippen molar-refractivity contribution in [1.82, 2.24) is 5.32 Å². The van der Waals surface area contributed by atoms with Crippen molar-refractivity contribution in [1.29, 1.82) is 0 Å². The topological polar surface area (TPSA) is 83.1 Å². The molecule has 7 nitrogen and oxygen atoms in total. The van der Waals surface area contributed by atoms with Gasteiger partial charge in [-0.1, -0.05) is 6.92 Å². The molecule has 26 heavy (non-hydrogen) atoms. The van der Waals surface area contributed by atoms with Gasteiger partial charge in [-0.15, -0.1) is 0 Å². The summed E-state index contributed by atoms with van der Waals surface area (Å²) in [5.74, 6) is 0.446. The standard InChI is InChI=1S/C19H27NO6/c1-7-19(2,3)20-16(21)12-26-17(22)9-8-13-10-14(23-4)18(25-6)15(11-13)24-5/h8-11H,7,12H2,1-6H3,(H,20,21)/b9-8+. The van der Waals surface area contributed by atoms with Gasteiger partial charge in [0.2, 0.25) is 5.75 Å². The van der Waals surface area contributed by atoms with Crippen molar-refractivity contribution >= 4 is 18.0 Å². The normalized spacial score (nSPS) is 11.2. The molecule has 0 bridgehead atoms. The van der Waals surface area contributed by atoms with Crippen LogP contribution in [-0.4, -0.2) is 45.4 Å². The van der Waals surface area contributed by atoms with Crippen LogP contribution in [0.4, 0.5) is 0 Å². The van der Waals surface area contributed by atoms with Crippen molar-refractivity contribution in [3.05, 3.63) is 23.8 Å². The van der Waals surface area contributed by atoms with Gasteiger partial charge in [0.15, 0.2) is 18.1 Å². The summed E-state index contributed by atoms with van der Waals surface area (Å²) >= 11 is 0. The molecule has 1 N–H and O–H groups in total.